The molecule has 1 aromatic carbocycles. The van der Waals surface area contributed by atoms with Gasteiger partial charge in [-0.1, -0.05) is 34.5 Å². The summed E-state index contributed by atoms with van der Waals surface area (Å²) in [5.41, 5.74) is 3.88. The Hall–Kier alpha value is -1.92. The van der Waals surface area contributed by atoms with Gasteiger partial charge in [-0.2, -0.15) is 0 Å². The molecule has 0 bridgehead atoms. The molecule has 1 fully saturated rings. The van der Waals surface area contributed by atoms with E-state index in [0.717, 1.165) is 31.5 Å². The maximum absolute atomic E-state index is 12.5. The molecule has 2 heterocycles. The van der Waals surface area contributed by atoms with Crippen LogP contribution in [0.3, 0.4) is 0 Å². The van der Waals surface area contributed by atoms with Crippen molar-refractivity contribution in [1.29, 1.82) is 0 Å². The summed E-state index contributed by atoms with van der Waals surface area (Å²) in [5.74, 6) is -0.179. The summed E-state index contributed by atoms with van der Waals surface area (Å²) in [7, 11) is 0. The van der Waals surface area contributed by atoms with Gasteiger partial charge in [-0.25, -0.2) is 4.68 Å². The highest BCUT2D eigenvalue weighted by Gasteiger charge is 2.20. The number of carbonyl (C=O) groups is 1. The van der Waals surface area contributed by atoms with E-state index in [1.165, 1.54) is 11.1 Å². The van der Waals surface area contributed by atoms with E-state index in [-0.39, 0.29) is 24.4 Å². The van der Waals surface area contributed by atoms with E-state index in [2.05, 4.69) is 53.0 Å². The molecular weight excluding hydrogens is 338 g/mol. The zero-order valence-electron chi connectivity index (χ0n) is 15.0. The first-order chi connectivity index (χ1) is 11.5. The topological polar surface area (TPSA) is 71.8 Å². The van der Waals surface area contributed by atoms with Gasteiger partial charge in [0.05, 0.1) is 18.3 Å². The van der Waals surface area contributed by atoms with Crippen molar-refractivity contribution in [2.75, 3.05) is 13.1 Å². The Bertz CT molecular complexity index is 704. The van der Waals surface area contributed by atoms with Crippen LogP contribution in [0, 0.1) is 13.8 Å². The number of piperidine rings is 1. The molecule has 136 valence electrons. The lowest BCUT2D eigenvalue weighted by atomic mass is 10.0. The number of rotatable bonds is 4. The lowest BCUT2D eigenvalue weighted by Gasteiger charge is -2.22. The fourth-order valence-electron chi connectivity index (χ4n) is 3.24. The molecule has 2 aromatic rings. The van der Waals surface area contributed by atoms with Gasteiger partial charge in [-0.05, 0) is 52.3 Å². The third kappa shape index (κ3) is 4.80. The number of halogens is 1. The minimum Gasteiger partial charge on any atom is -0.344 e. The average Bonchev–Trinajstić information content (AvgIpc) is 3.05. The lowest BCUT2D eigenvalue weighted by molar-refractivity contribution is 0.0934. The van der Waals surface area contributed by atoms with Crippen LogP contribution in [-0.2, 0) is 0 Å². The van der Waals surface area contributed by atoms with Crippen LogP contribution >= 0.6 is 12.4 Å². The molecular formula is C18H26ClN5O. The van der Waals surface area contributed by atoms with E-state index in [1.807, 2.05) is 11.6 Å². The molecule has 1 atom stereocenters. The molecule has 3 rings (SSSR count). The number of hydrogen-bond donors (Lipinski definition) is 2. The van der Waals surface area contributed by atoms with Crippen LogP contribution in [0.5, 0.6) is 0 Å². The van der Waals surface area contributed by atoms with Crippen LogP contribution in [0.4, 0.5) is 0 Å². The summed E-state index contributed by atoms with van der Waals surface area (Å²) < 4.78 is 1.83. The molecule has 2 N–H and O–H groups in total. The Labute approximate surface area is 154 Å². The van der Waals surface area contributed by atoms with Crippen molar-refractivity contribution in [1.82, 2.24) is 25.6 Å². The Balaban J connectivity index is 0.00000225. The van der Waals surface area contributed by atoms with Crippen molar-refractivity contribution in [3.63, 3.8) is 0 Å². The molecule has 0 radical (unpaired) electrons. The van der Waals surface area contributed by atoms with Gasteiger partial charge in [-0.3, -0.25) is 4.79 Å². The Kier molecular flexibility index (Phi) is 6.56. The molecule has 0 spiro atoms. The second-order valence-electron chi connectivity index (χ2n) is 6.68. The fourth-order valence-corrected chi connectivity index (χ4v) is 3.24. The third-order valence-electron chi connectivity index (χ3n) is 4.52. The van der Waals surface area contributed by atoms with E-state index >= 15 is 0 Å². The highest BCUT2D eigenvalue weighted by Crippen LogP contribution is 2.19. The summed E-state index contributed by atoms with van der Waals surface area (Å²) >= 11 is 0. The Morgan fingerprint density at radius 1 is 1.24 bits per heavy atom. The van der Waals surface area contributed by atoms with Crippen LogP contribution in [0.15, 0.2) is 24.4 Å². The predicted molar refractivity (Wildman–Crippen MR) is 100 cm³/mol. The molecule has 1 aromatic heterocycles. The Morgan fingerprint density at radius 2 is 1.88 bits per heavy atom. The van der Waals surface area contributed by atoms with E-state index in [0.29, 0.717) is 11.7 Å². The van der Waals surface area contributed by atoms with Gasteiger partial charge >= 0.3 is 0 Å². The first kappa shape index (κ1) is 19.4. The SMILES string of the molecule is Cc1cc(C)cc(C(C)NC(=O)c2cn(C3CCNCC3)nn2)c1.Cl. The predicted octanol–water partition coefficient (Wildman–Crippen LogP) is 2.73. The van der Waals surface area contributed by atoms with Crippen LogP contribution in [0.1, 0.15) is 59.0 Å². The number of aromatic nitrogens is 3. The number of hydrogen-bond acceptors (Lipinski definition) is 4. The van der Waals surface area contributed by atoms with Gasteiger partial charge in [0.2, 0.25) is 0 Å². The minimum atomic E-state index is -0.179. The quantitative estimate of drug-likeness (QED) is 0.876. The Morgan fingerprint density at radius 3 is 2.52 bits per heavy atom. The van der Waals surface area contributed by atoms with Gasteiger partial charge in [0.15, 0.2) is 5.69 Å². The lowest BCUT2D eigenvalue weighted by Crippen LogP contribution is -2.29. The van der Waals surface area contributed by atoms with Crippen LogP contribution in [0.25, 0.3) is 0 Å². The zero-order chi connectivity index (χ0) is 17.1. The standard InChI is InChI=1S/C18H25N5O.ClH/c1-12-8-13(2)10-15(9-12)14(3)20-18(24)17-11-23(22-21-17)16-4-6-19-7-5-16;/h8-11,14,16,19H,4-7H2,1-3H3,(H,20,24);1H. The van der Waals surface area contributed by atoms with Crippen LogP contribution < -0.4 is 10.6 Å². The molecule has 1 unspecified atom stereocenters. The third-order valence-corrected chi connectivity index (χ3v) is 4.52. The molecule has 6 nitrogen and oxygen atoms in total. The molecule has 0 saturated carbocycles. The molecule has 1 amide bonds. The van der Waals surface area contributed by atoms with Crippen molar-refractivity contribution in [3.05, 3.63) is 46.8 Å². The van der Waals surface area contributed by atoms with Crippen LogP contribution in [-0.4, -0.2) is 34.0 Å². The van der Waals surface area contributed by atoms with Gasteiger partial charge in [0, 0.05) is 0 Å². The van der Waals surface area contributed by atoms with E-state index < -0.39 is 0 Å². The number of nitrogens with zero attached hydrogens (tertiary/aromatic N) is 3. The van der Waals surface area contributed by atoms with Crippen molar-refractivity contribution in [2.24, 2.45) is 0 Å². The van der Waals surface area contributed by atoms with Gasteiger partial charge in [-0.15, -0.1) is 17.5 Å². The first-order valence-corrected chi connectivity index (χ1v) is 8.54. The molecule has 1 aliphatic rings. The van der Waals surface area contributed by atoms with E-state index in [9.17, 15) is 4.79 Å². The highest BCUT2D eigenvalue weighted by molar-refractivity contribution is 5.92. The summed E-state index contributed by atoms with van der Waals surface area (Å²) in [4.78, 5) is 12.5. The summed E-state index contributed by atoms with van der Waals surface area (Å²) in [5, 5.41) is 14.5. The van der Waals surface area contributed by atoms with E-state index in [1.54, 1.807) is 6.20 Å². The average molecular weight is 364 g/mol. The summed E-state index contributed by atoms with van der Waals surface area (Å²) in [6.07, 6.45) is 3.80. The summed E-state index contributed by atoms with van der Waals surface area (Å²) in [6, 6.07) is 6.59. The smallest absolute Gasteiger partial charge is 0.273 e. The number of nitrogens with one attached hydrogen (secondary N) is 2. The van der Waals surface area contributed by atoms with E-state index in [4.69, 9.17) is 0 Å². The second kappa shape index (κ2) is 8.45. The minimum absolute atomic E-state index is 0. The normalized spacial score (nSPS) is 16.1. The van der Waals surface area contributed by atoms with Gasteiger partial charge < -0.3 is 10.6 Å². The largest absolute Gasteiger partial charge is 0.344 e. The monoisotopic (exact) mass is 363 g/mol. The number of amides is 1. The van der Waals surface area contributed by atoms with Crippen molar-refractivity contribution in [3.8, 4) is 0 Å². The highest BCUT2D eigenvalue weighted by atomic mass is 35.5. The van der Waals surface area contributed by atoms with Crippen molar-refractivity contribution in [2.45, 2.75) is 45.7 Å². The molecule has 25 heavy (non-hydrogen) atoms. The molecule has 0 aliphatic carbocycles. The molecule has 1 aliphatic heterocycles. The van der Waals surface area contributed by atoms with Crippen molar-refractivity contribution >= 4 is 18.3 Å². The number of aryl methyl sites for hydroxylation is 2. The summed E-state index contributed by atoms with van der Waals surface area (Å²) in [6.45, 7) is 8.08. The van der Waals surface area contributed by atoms with Crippen molar-refractivity contribution < 1.29 is 4.79 Å². The molecule has 1 saturated heterocycles. The molecule has 7 heteroatoms. The number of benzene rings is 1. The first-order valence-electron chi connectivity index (χ1n) is 8.54. The fraction of sp³-hybridized carbons (Fsp3) is 0.500. The van der Waals surface area contributed by atoms with Gasteiger partial charge in [0.25, 0.3) is 5.91 Å². The zero-order valence-corrected chi connectivity index (χ0v) is 15.8. The maximum Gasteiger partial charge on any atom is 0.273 e. The maximum atomic E-state index is 12.5. The second-order valence-corrected chi connectivity index (χ2v) is 6.68. The van der Waals surface area contributed by atoms with Gasteiger partial charge in [0.1, 0.15) is 0 Å². The number of carbonyl (C=O) groups excluding carboxylic acids is 1. The van der Waals surface area contributed by atoms with Crippen LogP contribution in [0.2, 0.25) is 0 Å².